The van der Waals surface area contributed by atoms with Gasteiger partial charge in [0.2, 0.25) is 5.91 Å². The number of ether oxygens (including phenoxy) is 3. The van der Waals surface area contributed by atoms with Crippen molar-refractivity contribution in [2.24, 2.45) is 4.99 Å². The Balaban J connectivity index is 0.00000450. The molecule has 1 fully saturated rings. The van der Waals surface area contributed by atoms with Gasteiger partial charge in [0.15, 0.2) is 5.96 Å². The van der Waals surface area contributed by atoms with Gasteiger partial charge in [0.1, 0.15) is 0 Å². The zero-order chi connectivity index (χ0) is 20.9. The van der Waals surface area contributed by atoms with Crippen molar-refractivity contribution in [3.63, 3.8) is 0 Å². The first-order valence-electron chi connectivity index (χ1n) is 10.1. The summed E-state index contributed by atoms with van der Waals surface area (Å²) < 4.78 is 16.4. The van der Waals surface area contributed by atoms with Crippen LogP contribution in [0.2, 0.25) is 0 Å². The van der Waals surface area contributed by atoms with Gasteiger partial charge in [0.25, 0.3) is 0 Å². The fourth-order valence-electron chi connectivity index (χ4n) is 2.73. The van der Waals surface area contributed by atoms with Gasteiger partial charge in [-0.05, 0) is 24.0 Å². The maximum atomic E-state index is 11.8. The van der Waals surface area contributed by atoms with E-state index in [-0.39, 0.29) is 36.4 Å². The van der Waals surface area contributed by atoms with Crippen LogP contribution in [0, 0.1) is 0 Å². The highest BCUT2D eigenvalue weighted by molar-refractivity contribution is 14.0. The van der Waals surface area contributed by atoms with Crippen molar-refractivity contribution in [1.29, 1.82) is 0 Å². The third-order valence-electron chi connectivity index (χ3n) is 4.60. The first-order valence-corrected chi connectivity index (χ1v) is 10.1. The lowest BCUT2D eigenvalue weighted by molar-refractivity contribution is -0.127. The molecule has 0 atom stereocenters. The van der Waals surface area contributed by atoms with Crippen LogP contribution in [0.4, 0.5) is 0 Å². The van der Waals surface area contributed by atoms with Crippen LogP contribution in [-0.2, 0) is 32.2 Å². The Labute approximate surface area is 196 Å². The average molecular weight is 534 g/mol. The zero-order valence-electron chi connectivity index (χ0n) is 18.2. The predicted octanol–water partition coefficient (Wildman–Crippen LogP) is 1.77. The van der Waals surface area contributed by atoms with Crippen molar-refractivity contribution in [3.8, 4) is 0 Å². The first kappa shape index (κ1) is 26.6. The summed E-state index contributed by atoms with van der Waals surface area (Å²) in [5.41, 5.74) is 2.24. The Hall–Kier alpha value is -1.43. The molecule has 1 aromatic rings. The van der Waals surface area contributed by atoms with Gasteiger partial charge >= 0.3 is 0 Å². The van der Waals surface area contributed by atoms with Gasteiger partial charge in [-0.2, -0.15) is 0 Å². The molecule has 1 aliphatic rings. The Kier molecular flexibility index (Phi) is 13.6. The Morgan fingerprint density at radius 2 is 1.83 bits per heavy atom. The Morgan fingerprint density at radius 3 is 2.47 bits per heavy atom. The summed E-state index contributed by atoms with van der Waals surface area (Å²) in [5, 5.41) is 6.23. The Morgan fingerprint density at radius 1 is 1.17 bits per heavy atom. The van der Waals surface area contributed by atoms with Crippen molar-refractivity contribution in [2.75, 3.05) is 54.1 Å². The molecule has 9 heteroatoms. The van der Waals surface area contributed by atoms with Crippen molar-refractivity contribution in [1.82, 2.24) is 15.5 Å². The van der Waals surface area contributed by atoms with Crippen LogP contribution in [0.15, 0.2) is 29.3 Å². The number of guanidine groups is 1. The van der Waals surface area contributed by atoms with Crippen LogP contribution in [0.1, 0.15) is 24.0 Å². The van der Waals surface area contributed by atoms with Crippen LogP contribution in [0.5, 0.6) is 0 Å². The van der Waals surface area contributed by atoms with Crippen LogP contribution in [-0.4, -0.2) is 77.0 Å². The first-order chi connectivity index (χ1) is 14.1. The smallest absolute Gasteiger partial charge is 0.241 e. The molecule has 0 aromatic heterocycles. The molecule has 0 radical (unpaired) electrons. The van der Waals surface area contributed by atoms with Crippen molar-refractivity contribution in [2.45, 2.75) is 32.1 Å². The highest BCUT2D eigenvalue weighted by Crippen LogP contribution is 2.14. The molecule has 1 aromatic carbocycles. The summed E-state index contributed by atoms with van der Waals surface area (Å²) in [6.07, 6.45) is 2.23. The molecule has 2 N–H and O–H groups in total. The van der Waals surface area contributed by atoms with E-state index in [1.807, 2.05) is 0 Å². The van der Waals surface area contributed by atoms with E-state index >= 15 is 0 Å². The average Bonchev–Trinajstić information content (AvgIpc) is 2.75. The van der Waals surface area contributed by atoms with Gasteiger partial charge in [-0.1, -0.05) is 24.3 Å². The number of nitrogens with one attached hydrogen (secondary N) is 2. The lowest BCUT2D eigenvalue weighted by atomic mass is 10.1. The number of carbonyl (C=O) groups excluding carboxylic acids is 1. The molecule has 1 saturated heterocycles. The minimum absolute atomic E-state index is 0. The highest BCUT2D eigenvalue weighted by Gasteiger charge is 2.13. The molecule has 2 rings (SSSR count). The van der Waals surface area contributed by atoms with Gasteiger partial charge in [0.05, 0.1) is 32.4 Å². The molecular formula is C21H35IN4O4. The number of hydrogen-bond acceptors (Lipinski definition) is 5. The molecule has 1 heterocycles. The quantitative estimate of drug-likeness (QED) is 0.206. The lowest BCUT2D eigenvalue weighted by Crippen LogP contribution is -2.43. The number of carbonyl (C=O) groups is 1. The van der Waals surface area contributed by atoms with Crippen molar-refractivity contribution >= 4 is 35.8 Å². The topological polar surface area (TPSA) is 84.4 Å². The molecule has 1 amide bonds. The number of halogens is 1. The second-order valence-electron chi connectivity index (χ2n) is 7.17. The number of aliphatic imine (C=N–C) groups is 1. The largest absolute Gasteiger partial charge is 0.383 e. The molecule has 1 aliphatic heterocycles. The fraction of sp³-hybridized carbons (Fsp3) is 0.619. The fourth-order valence-corrected chi connectivity index (χ4v) is 2.73. The summed E-state index contributed by atoms with van der Waals surface area (Å²) >= 11 is 0. The van der Waals surface area contributed by atoms with Gasteiger partial charge in [-0.15, -0.1) is 24.0 Å². The summed E-state index contributed by atoms with van der Waals surface area (Å²) in [7, 11) is 5.10. The molecule has 30 heavy (non-hydrogen) atoms. The van der Waals surface area contributed by atoms with E-state index in [1.165, 1.54) is 0 Å². The maximum Gasteiger partial charge on any atom is 0.241 e. The maximum absolute atomic E-state index is 11.8. The third-order valence-corrected chi connectivity index (χ3v) is 4.60. The van der Waals surface area contributed by atoms with Crippen LogP contribution in [0.3, 0.4) is 0 Å². The van der Waals surface area contributed by atoms with Gasteiger partial charge in [-0.3, -0.25) is 4.79 Å². The monoisotopic (exact) mass is 534 g/mol. The second-order valence-corrected chi connectivity index (χ2v) is 7.17. The zero-order valence-corrected chi connectivity index (χ0v) is 20.5. The SMILES string of the molecule is COCCNC(=NCc1ccc(COC2CCOCC2)cc1)NCC(=O)N(C)C.I. The van der Waals surface area contributed by atoms with Crippen molar-refractivity contribution < 1.29 is 19.0 Å². The van der Waals surface area contributed by atoms with Crippen LogP contribution < -0.4 is 10.6 Å². The number of likely N-dealkylation sites (N-methyl/N-ethyl adjacent to an activating group) is 1. The predicted molar refractivity (Wildman–Crippen MR) is 128 cm³/mol. The summed E-state index contributed by atoms with van der Waals surface area (Å²) in [6, 6.07) is 8.27. The molecule has 170 valence electrons. The van der Waals surface area contributed by atoms with Crippen LogP contribution >= 0.6 is 24.0 Å². The number of rotatable bonds is 10. The number of amides is 1. The molecule has 0 aliphatic carbocycles. The molecule has 8 nitrogen and oxygen atoms in total. The van der Waals surface area contributed by atoms with E-state index in [0.29, 0.717) is 38.4 Å². The lowest BCUT2D eigenvalue weighted by Gasteiger charge is -2.22. The van der Waals surface area contributed by atoms with Gasteiger partial charge in [0, 0.05) is 41.0 Å². The third kappa shape index (κ3) is 10.6. The molecular weight excluding hydrogens is 499 g/mol. The highest BCUT2D eigenvalue weighted by atomic mass is 127. The summed E-state index contributed by atoms with van der Waals surface area (Å²) in [4.78, 5) is 17.9. The van der Waals surface area contributed by atoms with E-state index in [1.54, 1.807) is 26.1 Å². The van der Waals surface area contributed by atoms with E-state index in [0.717, 1.165) is 37.2 Å². The number of methoxy groups -OCH3 is 1. The van der Waals surface area contributed by atoms with E-state index in [9.17, 15) is 4.79 Å². The van der Waals surface area contributed by atoms with E-state index in [2.05, 4.69) is 39.9 Å². The number of benzene rings is 1. The molecule has 0 unspecified atom stereocenters. The Bertz CT molecular complexity index is 634. The second kappa shape index (κ2) is 15.4. The standard InChI is InChI=1S/C21H34N4O4.HI/c1-25(2)20(26)15-24-21(22-10-13-27-3)23-14-17-4-6-18(7-5-17)16-29-19-8-11-28-12-9-19;/h4-7,19H,8-16H2,1-3H3,(H2,22,23,24);1H. The van der Waals surface area contributed by atoms with Gasteiger partial charge in [-0.25, -0.2) is 4.99 Å². The van der Waals surface area contributed by atoms with E-state index in [4.69, 9.17) is 14.2 Å². The normalized spacial score (nSPS) is 14.7. The summed E-state index contributed by atoms with van der Waals surface area (Å²) in [5.74, 6) is 0.573. The molecule has 0 saturated carbocycles. The number of hydrogen-bond donors (Lipinski definition) is 2. The van der Waals surface area contributed by atoms with Gasteiger partial charge < -0.3 is 29.7 Å². The summed E-state index contributed by atoms with van der Waals surface area (Å²) in [6.45, 7) is 4.07. The molecule has 0 spiro atoms. The van der Waals surface area contributed by atoms with E-state index < -0.39 is 0 Å². The van der Waals surface area contributed by atoms with Crippen LogP contribution in [0.25, 0.3) is 0 Å². The minimum Gasteiger partial charge on any atom is -0.383 e. The van der Waals surface area contributed by atoms with Crippen molar-refractivity contribution in [3.05, 3.63) is 35.4 Å². The minimum atomic E-state index is -0.0138. The molecule has 0 bridgehead atoms. The number of nitrogens with zero attached hydrogens (tertiary/aromatic N) is 2.